The van der Waals surface area contributed by atoms with E-state index >= 15 is 0 Å². The van der Waals surface area contributed by atoms with Gasteiger partial charge in [-0.15, -0.1) is 0 Å². The van der Waals surface area contributed by atoms with Crippen LogP contribution >= 0.6 is 0 Å². The van der Waals surface area contributed by atoms with E-state index in [1.165, 1.54) is 25.7 Å². The van der Waals surface area contributed by atoms with Crippen molar-refractivity contribution in [3.8, 4) is 0 Å². The standard InChI is InChI=1S/C12H26/c1-6-8-12(9-10(3)4)11(5)7-2/h10-12H,6-9H2,1-5H3. The van der Waals surface area contributed by atoms with E-state index in [0.717, 1.165) is 17.8 Å². The van der Waals surface area contributed by atoms with Crippen LogP contribution in [0.1, 0.15) is 60.3 Å². The molecule has 0 heteroatoms. The molecule has 0 aromatic heterocycles. The predicted molar refractivity (Wildman–Crippen MR) is 57.3 cm³/mol. The fourth-order valence-electron chi connectivity index (χ4n) is 1.94. The van der Waals surface area contributed by atoms with Gasteiger partial charge in [-0.05, 0) is 24.2 Å². The van der Waals surface area contributed by atoms with Gasteiger partial charge in [0.1, 0.15) is 0 Å². The van der Waals surface area contributed by atoms with Gasteiger partial charge in [0.15, 0.2) is 0 Å². The Morgan fingerprint density at radius 2 is 1.58 bits per heavy atom. The molecule has 0 radical (unpaired) electrons. The highest BCUT2D eigenvalue weighted by molar-refractivity contribution is 4.66. The van der Waals surface area contributed by atoms with Gasteiger partial charge in [-0.1, -0.05) is 53.9 Å². The molecular weight excluding hydrogens is 144 g/mol. The van der Waals surface area contributed by atoms with Crippen LogP contribution in [0.5, 0.6) is 0 Å². The van der Waals surface area contributed by atoms with Gasteiger partial charge >= 0.3 is 0 Å². The summed E-state index contributed by atoms with van der Waals surface area (Å²) in [6, 6.07) is 0. The summed E-state index contributed by atoms with van der Waals surface area (Å²) in [7, 11) is 0. The second-order valence-corrected chi connectivity index (χ2v) is 4.56. The minimum Gasteiger partial charge on any atom is -0.0654 e. The average Bonchev–Trinajstić information content (AvgIpc) is 2.01. The monoisotopic (exact) mass is 170 g/mol. The number of hydrogen-bond acceptors (Lipinski definition) is 0. The van der Waals surface area contributed by atoms with Crippen LogP contribution in [0, 0.1) is 17.8 Å². The molecule has 2 atom stereocenters. The van der Waals surface area contributed by atoms with Crippen molar-refractivity contribution in [3.05, 3.63) is 0 Å². The Balaban J connectivity index is 3.84. The van der Waals surface area contributed by atoms with Crippen molar-refractivity contribution in [2.45, 2.75) is 60.3 Å². The van der Waals surface area contributed by atoms with Crippen molar-refractivity contribution in [1.29, 1.82) is 0 Å². The second kappa shape index (κ2) is 6.51. The Morgan fingerprint density at radius 3 is 1.92 bits per heavy atom. The van der Waals surface area contributed by atoms with E-state index in [4.69, 9.17) is 0 Å². The fraction of sp³-hybridized carbons (Fsp3) is 1.00. The van der Waals surface area contributed by atoms with Crippen LogP contribution in [-0.4, -0.2) is 0 Å². The van der Waals surface area contributed by atoms with Crippen LogP contribution in [0.3, 0.4) is 0 Å². The van der Waals surface area contributed by atoms with E-state index in [-0.39, 0.29) is 0 Å². The molecule has 0 heterocycles. The van der Waals surface area contributed by atoms with Crippen LogP contribution in [0.2, 0.25) is 0 Å². The van der Waals surface area contributed by atoms with Gasteiger partial charge in [-0.3, -0.25) is 0 Å². The van der Waals surface area contributed by atoms with Gasteiger partial charge in [0, 0.05) is 0 Å². The molecule has 0 aliphatic rings. The topological polar surface area (TPSA) is 0 Å². The molecule has 0 aliphatic carbocycles. The van der Waals surface area contributed by atoms with Gasteiger partial charge in [-0.25, -0.2) is 0 Å². The molecule has 0 bridgehead atoms. The maximum absolute atomic E-state index is 2.41. The molecule has 2 unspecified atom stereocenters. The third kappa shape index (κ3) is 4.79. The lowest BCUT2D eigenvalue weighted by atomic mass is 9.82. The maximum atomic E-state index is 2.41. The molecule has 0 nitrogen and oxygen atoms in total. The molecule has 0 rings (SSSR count). The van der Waals surface area contributed by atoms with E-state index in [9.17, 15) is 0 Å². The predicted octanol–water partition coefficient (Wildman–Crippen LogP) is 4.49. The third-order valence-electron chi connectivity index (χ3n) is 2.88. The van der Waals surface area contributed by atoms with E-state index in [1.807, 2.05) is 0 Å². The molecule has 0 aromatic rings. The van der Waals surface area contributed by atoms with Crippen molar-refractivity contribution < 1.29 is 0 Å². The quantitative estimate of drug-likeness (QED) is 0.551. The first kappa shape index (κ1) is 12.0. The third-order valence-corrected chi connectivity index (χ3v) is 2.88. The van der Waals surface area contributed by atoms with Gasteiger partial charge in [0.25, 0.3) is 0 Å². The van der Waals surface area contributed by atoms with Crippen LogP contribution < -0.4 is 0 Å². The highest BCUT2D eigenvalue weighted by Crippen LogP contribution is 2.26. The summed E-state index contributed by atoms with van der Waals surface area (Å²) in [4.78, 5) is 0. The SMILES string of the molecule is CCCC(CC(C)C)C(C)CC. The smallest absolute Gasteiger partial charge is 0.0386 e. The van der Waals surface area contributed by atoms with Crippen molar-refractivity contribution >= 4 is 0 Å². The van der Waals surface area contributed by atoms with Crippen molar-refractivity contribution in [3.63, 3.8) is 0 Å². The summed E-state index contributed by atoms with van der Waals surface area (Å²) >= 11 is 0. The fourth-order valence-corrected chi connectivity index (χ4v) is 1.94. The van der Waals surface area contributed by atoms with Gasteiger partial charge in [0.05, 0.1) is 0 Å². The Bertz CT molecular complexity index is 94.2. The molecule has 0 amide bonds. The van der Waals surface area contributed by atoms with Gasteiger partial charge in [-0.2, -0.15) is 0 Å². The maximum Gasteiger partial charge on any atom is -0.0386 e. The van der Waals surface area contributed by atoms with E-state index < -0.39 is 0 Å². The van der Waals surface area contributed by atoms with E-state index in [0.29, 0.717) is 0 Å². The molecule has 0 spiro atoms. The lowest BCUT2D eigenvalue weighted by Gasteiger charge is -2.24. The average molecular weight is 170 g/mol. The van der Waals surface area contributed by atoms with Crippen molar-refractivity contribution in [1.82, 2.24) is 0 Å². The molecular formula is C12H26. The Kier molecular flexibility index (Phi) is 6.51. The van der Waals surface area contributed by atoms with E-state index in [2.05, 4.69) is 34.6 Å². The summed E-state index contributed by atoms with van der Waals surface area (Å²) < 4.78 is 0. The van der Waals surface area contributed by atoms with Crippen LogP contribution in [0.15, 0.2) is 0 Å². The first-order chi connectivity index (χ1) is 5.61. The first-order valence-corrected chi connectivity index (χ1v) is 5.61. The minimum absolute atomic E-state index is 0.871. The summed E-state index contributed by atoms with van der Waals surface area (Å²) in [6.07, 6.45) is 5.54. The molecule has 0 aliphatic heterocycles. The lowest BCUT2D eigenvalue weighted by molar-refractivity contribution is 0.273. The molecule has 0 saturated heterocycles. The minimum atomic E-state index is 0.871. The van der Waals surface area contributed by atoms with Gasteiger partial charge < -0.3 is 0 Å². The Hall–Kier alpha value is 0. The van der Waals surface area contributed by atoms with Crippen LogP contribution in [0.25, 0.3) is 0 Å². The summed E-state index contributed by atoms with van der Waals surface area (Å²) in [5.74, 6) is 2.77. The highest BCUT2D eigenvalue weighted by atomic mass is 14.2. The molecule has 0 N–H and O–H groups in total. The number of rotatable bonds is 6. The molecule has 0 fully saturated rings. The summed E-state index contributed by atoms with van der Waals surface area (Å²) in [5.41, 5.74) is 0. The zero-order valence-corrected chi connectivity index (χ0v) is 9.56. The van der Waals surface area contributed by atoms with Gasteiger partial charge in [0.2, 0.25) is 0 Å². The zero-order valence-electron chi connectivity index (χ0n) is 9.56. The lowest BCUT2D eigenvalue weighted by Crippen LogP contribution is -2.13. The highest BCUT2D eigenvalue weighted by Gasteiger charge is 2.15. The normalized spacial score (nSPS) is 16.5. The van der Waals surface area contributed by atoms with Crippen molar-refractivity contribution in [2.24, 2.45) is 17.8 Å². The molecule has 0 saturated carbocycles. The van der Waals surface area contributed by atoms with Crippen molar-refractivity contribution in [2.75, 3.05) is 0 Å². The zero-order chi connectivity index (χ0) is 9.56. The molecule has 74 valence electrons. The Labute approximate surface area is 78.8 Å². The number of hydrogen-bond donors (Lipinski definition) is 0. The second-order valence-electron chi connectivity index (χ2n) is 4.56. The Morgan fingerprint density at radius 1 is 1.00 bits per heavy atom. The van der Waals surface area contributed by atoms with E-state index in [1.54, 1.807) is 0 Å². The molecule has 0 aromatic carbocycles. The van der Waals surface area contributed by atoms with Crippen LogP contribution in [0.4, 0.5) is 0 Å². The largest absolute Gasteiger partial charge is 0.0654 e. The van der Waals surface area contributed by atoms with Crippen LogP contribution in [-0.2, 0) is 0 Å². The summed E-state index contributed by atoms with van der Waals surface area (Å²) in [5, 5.41) is 0. The summed E-state index contributed by atoms with van der Waals surface area (Å²) in [6.45, 7) is 11.7. The molecule has 12 heavy (non-hydrogen) atoms. The first-order valence-electron chi connectivity index (χ1n) is 5.61.